The van der Waals surface area contributed by atoms with E-state index in [1.807, 2.05) is 37.3 Å². The Hall–Kier alpha value is -3.07. The summed E-state index contributed by atoms with van der Waals surface area (Å²) in [5.41, 5.74) is 1.47. The first kappa shape index (κ1) is 21.6. The predicted molar refractivity (Wildman–Crippen MR) is 103 cm³/mol. The van der Waals surface area contributed by atoms with Crippen LogP contribution < -0.4 is 20.7 Å². The molecule has 6 nitrogen and oxygen atoms in total. The lowest BCUT2D eigenvalue weighted by Gasteiger charge is -2.32. The molecule has 0 aliphatic carbocycles. The average Bonchev–Trinajstić information content (AvgIpc) is 2.71. The lowest BCUT2D eigenvalue weighted by Crippen LogP contribution is -2.56. The summed E-state index contributed by atoms with van der Waals surface area (Å²) in [6, 6.07) is 13.4. The molecule has 160 valence electrons. The van der Waals surface area contributed by atoms with Crippen LogP contribution in [0.4, 0.5) is 13.2 Å². The van der Waals surface area contributed by atoms with Gasteiger partial charge in [0.15, 0.2) is 0 Å². The first-order valence-corrected chi connectivity index (χ1v) is 9.51. The highest BCUT2D eigenvalue weighted by Gasteiger charge is 2.33. The maximum absolute atomic E-state index is 12.8. The van der Waals surface area contributed by atoms with Crippen LogP contribution in [-0.2, 0) is 9.59 Å². The van der Waals surface area contributed by atoms with Crippen molar-refractivity contribution in [2.75, 3.05) is 0 Å². The third-order valence-electron chi connectivity index (χ3n) is 4.75. The van der Waals surface area contributed by atoms with Crippen LogP contribution in [-0.4, -0.2) is 24.2 Å². The molecule has 0 spiro atoms. The van der Waals surface area contributed by atoms with Crippen LogP contribution in [0.1, 0.15) is 43.1 Å². The standard InChI is InChI=1S/C21H22F3N3O3/c1-2-16(13-8-10-15(11-9-13)30-21(22,23)24)26-20(29)17-12-18(28)27-19(25-17)14-6-4-3-5-7-14/h3-11,16-17,19,25H,2,12H2,1H3,(H,26,29)(H,27,28)/t16-,17?,19?/m1/s1. The fourth-order valence-corrected chi connectivity index (χ4v) is 3.30. The number of nitrogens with one attached hydrogen (secondary N) is 3. The van der Waals surface area contributed by atoms with Gasteiger partial charge in [0.25, 0.3) is 0 Å². The zero-order valence-corrected chi connectivity index (χ0v) is 16.2. The molecule has 1 saturated heterocycles. The van der Waals surface area contributed by atoms with E-state index in [0.29, 0.717) is 12.0 Å². The first-order chi connectivity index (χ1) is 14.2. The largest absolute Gasteiger partial charge is 0.573 e. The molecular formula is C21H22F3N3O3. The molecule has 0 saturated carbocycles. The molecule has 2 unspecified atom stereocenters. The highest BCUT2D eigenvalue weighted by Crippen LogP contribution is 2.25. The number of benzene rings is 2. The number of hydrogen-bond donors (Lipinski definition) is 3. The van der Waals surface area contributed by atoms with Crippen molar-refractivity contribution in [1.82, 2.24) is 16.0 Å². The van der Waals surface area contributed by atoms with Crippen molar-refractivity contribution in [1.29, 1.82) is 0 Å². The number of carbonyl (C=O) groups excluding carboxylic acids is 2. The van der Waals surface area contributed by atoms with Gasteiger partial charge in [-0.05, 0) is 29.7 Å². The summed E-state index contributed by atoms with van der Waals surface area (Å²) < 4.78 is 40.8. The molecule has 0 aromatic heterocycles. The number of rotatable bonds is 6. The minimum absolute atomic E-state index is 0.00996. The van der Waals surface area contributed by atoms with E-state index in [-0.39, 0.29) is 24.0 Å². The molecule has 9 heteroatoms. The molecule has 3 N–H and O–H groups in total. The molecule has 1 fully saturated rings. The molecule has 0 radical (unpaired) electrons. The second-order valence-corrected chi connectivity index (χ2v) is 6.92. The summed E-state index contributed by atoms with van der Waals surface area (Å²) in [6.07, 6.45) is -4.74. The van der Waals surface area contributed by atoms with E-state index >= 15 is 0 Å². The molecule has 1 aliphatic rings. The second kappa shape index (κ2) is 9.17. The zero-order chi connectivity index (χ0) is 21.7. The van der Waals surface area contributed by atoms with Crippen molar-refractivity contribution in [2.24, 2.45) is 0 Å². The van der Waals surface area contributed by atoms with Crippen molar-refractivity contribution < 1.29 is 27.5 Å². The monoisotopic (exact) mass is 421 g/mol. The average molecular weight is 421 g/mol. The highest BCUT2D eigenvalue weighted by molar-refractivity contribution is 5.89. The lowest BCUT2D eigenvalue weighted by molar-refractivity contribution is -0.274. The Morgan fingerprint density at radius 2 is 1.83 bits per heavy atom. The smallest absolute Gasteiger partial charge is 0.406 e. The third kappa shape index (κ3) is 5.73. The Bertz CT molecular complexity index is 873. The molecule has 2 aromatic rings. The van der Waals surface area contributed by atoms with Gasteiger partial charge in [-0.3, -0.25) is 14.9 Å². The maximum atomic E-state index is 12.8. The van der Waals surface area contributed by atoms with Crippen molar-refractivity contribution in [2.45, 2.75) is 44.4 Å². The zero-order valence-electron chi connectivity index (χ0n) is 16.2. The van der Waals surface area contributed by atoms with Crippen LogP contribution in [0.2, 0.25) is 0 Å². The van der Waals surface area contributed by atoms with Gasteiger partial charge in [-0.1, -0.05) is 49.4 Å². The SMILES string of the molecule is CC[C@@H](NC(=O)C1CC(=O)NC(c2ccccc2)N1)c1ccc(OC(F)(F)F)cc1. The Morgan fingerprint density at radius 1 is 1.17 bits per heavy atom. The molecule has 1 aliphatic heterocycles. The molecule has 0 bridgehead atoms. The van der Waals surface area contributed by atoms with Gasteiger partial charge in [0.2, 0.25) is 11.8 Å². The Morgan fingerprint density at radius 3 is 2.43 bits per heavy atom. The second-order valence-electron chi connectivity index (χ2n) is 6.92. The van der Waals surface area contributed by atoms with Crippen molar-refractivity contribution >= 4 is 11.8 Å². The number of hydrogen-bond acceptors (Lipinski definition) is 4. The van der Waals surface area contributed by atoms with Crippen LogP contribution in [0.3, 0.4) is 0 Å². The Balaban J connectivity index is 1.66. The fourth-order valence-electron chi connectivity index (χ4n) is 3.30. The van der Waals surface area contributed by atoms with Gasteiger partial charge in [-0.15, -0.1) is 13.2 Å². The van der Waals surface area contributed by atoms with Gasteiger partial charge < -0.3 is 15.4 Å². The summed E-state index contributed by atoms with van der Waals surface area (Å²) in [5.74, 6) is -0.929. The molecule has 3 atom stereocenters. The number of carbonyl (C=O) groups is 2. The van der Waals surface area contributed by atoms with E-state index in [2.05, 4.69) is 20.7 Å². The van der Waals surface area contributed by atoms with E-state index in [1.54, 1.807) is 0 Å². The summed E-state index contributed by atoms with van der Waals surface area (Å²) in [7, 11) is 0. The van der Waals surface area contributed by atoms with Crippen molar-refractivity contribution in [3.8, 4) is 5.75 Å². The summed E-state index contributed by atoms with van der Waals surface area (Å²) in [6.45, 7) is 1.85. The lowest BCUT2D eigenvalue weighted by atomic mass is 10.0. The van der Waals surface area contributed by atoms with Gasteiger partial charge in [-0.25, -0.2) is 0 Å². The van der Waals surface area contributed by atoms with Crippen LogP contribution in [0.5, 0.6) is 5.75 Å². The van der Waals surface area contributed by atoms with Crippen LogP contribution in [0, 0.1) is 0 Å². The maximum Gasteiger partial charge on any atom is 0.573 e. The predicted octanol–water partition coefficient (Wildman–Crippen LogP) is 3.33. The molecule has 2 amide bonds. The summed E-state index contributed by atoms with van der Waals surface area (Å²) >= 11 is 0. The topological polar surface area (TPSA) is 79.5 Å². The van der Waals surface area contributed by atoms with Gasteiger partial charge in [0.05, 0.1) is 18.5 Å². The van der Waals surface area contributed by atoms with Gasteiger partial charge in [0.1, 0.15) is 11.9 Å². The summed E-state index contributed by atoms with van der Waals surface area (Å²) in [5, 5.41) is 8.80. The van der Waals surface area contributed by atoms with Gasteiger partial charge in [-0.2, -0.15) is 0 Å². The van der Waals surface area contributed by atoms with Crippen LogP contribution in [0.25, 0.3) is 0 Å². The minimum atomic E-state index is -4.76. The highest BCUT2D eigenvalue weighted by atomic mass is 19.4. The van der Waals surface area contributed by atoms with Crippen LogP contribution in [0.15, 0.2) is 54.6 Å². The van der Waals surface area contributed by atoms with E-state index in [4.69, 9.17) is 0 Å². The molecule has 1 heterocycles. The number of halogens is 3. The third-order valence-corrected chi connectivity index (χ3v) is 4.75. The minimum Gasteiger partial charge on any atom is -0.406 e. The number of ether oxygens (including phenoxy) is 1. The van der Waals surface area contributed by atoms with E-state index in [0.717, 1.165) is 5.56 Å². The quantitative estimate of drug-likeness (QED) is 0.669. The van der Waals surface area contributed by atoms with E-state index in [9.17, 15) is 22.8 Å². The molecular weight excluding hydrogens is 399 g/mol. The Labute approximate surface area is 171 Å². The van der Waals surface area contributed by atoms with Crippen molar-refractivity contribution in [3.63, 3.8) is 0 Å². The summed E-state index contributed by atoms with van der Waals surface area (Å²) in [4.78, 5) is 24.9. The van der Waals surface area contributed by atoms with E-state index < -0.39 is 24.6 Å². The van der Waals surface area contributed by atoms with E-state index in [1.165, 1.54) is 24.3 Å². The fraction of sp³-hybridized carbons (Fsp3) is 0.333. The molecule has 30 heavy (non-hydrogen) atoms. The number of amides is 2. The van der Waals surface area contributed by atoms with Crippen molar-refractivity contribution in [3.05, 3.63) is 65.7 Å². The van der Waals surface area contributed by atoms with Gasteiger partial charge in [0, 0.05) is 0 Å². The molecule has 3 rings (SSSR count). The van der Waals surface area contributed by atoms with Crippen LogP contribution >= 0.6 is 0 Å². The Kier molecular flexibility index (Phi) is 6.61. The normalized spacial score (nSPS) is 20.2. The first-order valence-electron chi connectivity index (χ1n) is 9.51. The molecule has 2 aromatic carbocycles. The van der Waals surface area contributed by atoms with Gasteiger partial charge >= 0.3 is 6.36 Å². The number of alkyl halides is 3.